The summed E-state index contributed by atoms with van der Waals surface area (Å²) in [5.74, 6) is 0.503. The first kappa shape index (κ1) is 16.9. The van der Waals surface area contributed by atoms with Crippen molar-refractivity contribution in [3.63, 3.8) is 0 Å². The van der Waals surface area contributed by atoms with Crippen molar-refractivity contribution < 1.29 is 17.9 Å². The van der Waals surface area contributed by atoms with Gasteiger partial charge in [0.25, 0.3) is 0 Å². The highest BCUT2D eigenvalue weighted by Crippen LogP contribution is 2.29. The van der Waals surface area contributed by atoms with Gasteiger partial charge in [0.1, 0.15) is 12.2 Å². The van der Waals surface area contributed by atoms with Crippen LogP contribution in [0.1, 0.15) is 0 Å². The Bertz CT molecular complexity index is 843. The molecule has 134 valence electrons. The number of hydrogen-bond acceptors (Lipinski definition) is 8. The van der Waals surface area contributed by atoms with Crippen LogP contribution in [0.25, 0.3) is 10.6 Å². The smallest absolute Gasteiger partial charge is 0.223 e. The van der Waals surface area contributed by atoms with E-state index in [0.29, 0.717) is 12.6 Å². The van der Waals surface area contributed by atoms with E-state index in [1.165, 1.54) is 0 Å². The summed E-state index contributed by atoms with van der Waals surface area (Å²) >= 11 is 1.62. The van der Waals surface area contributed by atoms with Gasteiger partial charge in [-0.2, -0.15) is 0 Å². The van der Waals surface area contributed by atoms with Crippen molar-refractivity contribution in [1.29, 1.82) is 0 Å². The summed E-state index contributed by atoms with van der Waals surface area (Å²) in [6.07, 6.45) is 2.29. The average molecular weight is 382 g/mol. The van der Waals surface area contributed by atoms with Gasteiger partial charge < -0.3 is 14.8 Å². The van der Waals surface area contributed by atoms with E-state index in [1.807, 2.05) is 23.6 Å². The second-order valence-electron chi connectivity index (χ2n) is 6.09. The maximum absolute atomic E-state index is 11.4. The maximum Gasteiger partial charge on any atom is 0.223 e. The molecule has 2 saturated heterocycles. The van der Waals surface area contributed by atoms with E-state index in [9.17, 15) is 8.42 Å². The number of fused-ring (bicyclic) bond motifs is 1. The van der Waals surface area contributed by atoms with Crippen LogP contribution < -0.4 is 10.0 Å². The molecule has 25 heavy (non-hydrogen) atoms. The zero-order valence-corrected chi connectivity index (χ0v) is 15.1. The molecular formula is C15H18N4O4S2. The van der Waals surface area contributed by atoms with Crippen molar-refractivity contribution >= 4 is 27.3 Å². The molecule has 0 unspecified atom stereocenters. The van der Waals surface area contributed by atoms with Crippen molar-refractivity contribution in [2.75, 3.05) is 24.8 Å². The molecule has 0 amide bonds. The quantitative estimate of drug-likeness (QED) is 0.785. The van der Waals surface area contributed by atoms with Crippen LogP contribution in [0.2, 0.25) is 0 Å². The summed E-state index contributed by atoms with van der Waals surface area (Å²) in [6.45, 7) is 0.695. The van der Waals surface area contributed by atoms with Crippen LogP contribution in [0, 0.1) is 0 Å². The van der Waals surface area contributed by atoms with Crippen LogP contribution in [0.3, 0.4) is 0 Å². The lowest BCUT2D eigenvalue weighted by atomic mass is 10.1. The molecule has 4 rings (SSSR count). The lowest BCUT2D eigenvalue weighted by Gasteiger charge is -2.18. The van der Waals surface area contributed by atoms with Gasteiger partial charge in [-0.05, 0) is 17.5 Å². The topological polar surface area (TPSA) is 102 Å². The molecule has 2 aliphatic heterocycles. The van der Waals surface area contributed by atoms with Gasteiger partial charge in [0.05, 0.1) is 42.1 Å². The summed E-state index contributed by atoms with van der Waals surface area (Å²) in [6, 6.07) is 5.35. The lowest BCUT2D eigenvalue weighted by molar-refractivity contribution is 0.0690. The van der Waals surface area contributed by atoms with E-state index in [2.05, 4.69) is 20.0 Å². The molecule has 2 aromatic heterocycles. The molecule has 2 N–H and O–H groups in total. The minimum absolute atomic E-state index is 0.130. The SMILES string of the molecule is CS(=O)(=O)N[C@@H]1CO[C@@H]2[C@@H]1OC[C@@H]2Nc1nccc(-c2cccs2)n1. The summed E-state index contributed by atoms with van der Waals surface area (Å²) in [5.41, 5.74) is 0.854. The number of ether oxygens (including phenoxy) is 2. The Balaban J connectivity index is 1.45. The molecule has 0 spiro atoms. The standard InChI is InChI=1S/C15H18N4O4S2/c1-25(20,21)19-11-8-23-13-10(7-22-14(11)13)18-15-16-5-4-9(17-15)12-3-2-6-24-12/h2-6,10-11,13-14,19H,7-8H2,1H3,(H,16,17,18)/t10-,11+,13-,14+/m0/s1. The predicted octanol–water partition coefficient (Wildman–Crippen LogP) is 0.701. The Morgan fingerprint density at radius 3 is 2.68 bits per heavy atom. The monoisotopic (exact) mass is 382 g/mol. The molecule has 10 heteroatoms. The molecule has 0 radical (unpaired) electrons. The normalized spacial score (nSPS) is 28.8. The van der Waals surface area contributed by atoms with Gasteiger partial charge in [0, 0.05) is 6.20 Å². The first-order chi connectivity index (χ1) is 12.0. The summed E-state index contributed by atoms with van der Waals surface area (Å²) < 4.78 is 37.0. The highest BCUT2D eigenvalue weighted by molar-refractivity contribution is 7.88. The first-order valence-electron chi connectivity index (χ1n) is 7.83. The largest absolute Gasteiger partial charge is 0.371 e. The van der Waals surface area contributed by atoms with E-state index < -0.39 is 10.0 Å². The zero-order chi connectivity index (χ0) is 17.4. The van der Waals surface area contributed by atoms with Gasteiger partial charge >= 0.3 is 0 Å². The summed E-state index contributed by atoms with van der Waals surface area (Å²) in [5, 5.41) is 5.25. The van der Waals surface area contributed by atoms with E-state index in [4.69, 9.17) is 9.47 Å². The van der Waals surface area contributed by atoms with Gasteiger partial charge in [-0.15, -0.1) is 11.3 Å². The van der Waals surface area contributed by atoms with Gasteiger partial charge in [0.2, 0.25) is 16.0 Å². The number of thiophene rings is 1. The fourth-order valence-electron chi connectivity index (χ4n) is 3.15. The third-order valence-corrected chi connectivity index (χ3v) is 5.79. The molecule has 0 aliphatic carbocycles. The van der Waals surface area contributed by atoms with Crippen molar-refractivity contribution in [2.24, 2.45) is 0 Å². The second-order valence-corrected chi connectivity index (χ2v) is 8.81. The summed E-state index contributed by atoms with van der Waals surface area (Å²) in [7, 11) is -3.31. The highest BCUT2D eigenvalue weighted by atomic mass is 32.2. The molecule has 4 atom stereocenters. The lowest BCUT2D eigenvalue weighted by Crippen LogP contribution is -2.44. The number of nitrogens with zero attached hydrogens (tertiary/aromatic N) is 2. The number of hydrogen-bond donors (Lipinski definition) is 2. The zero-order valence-electron chi connectivity index (χ0n) is 13.5. The van der Waals surface area contributed by atoms with E-state index in [-0.39, 0.29) is 30.9 Å². The predicted molar refractivity (Wildman–Crippen MR) is 94.0 cm³/mol. The van der Waals surface area contributed by atoms with E-state index in [1.54, 1.807) is 17.5 Å². The Kier molecular flexibility index (Phi) is 4.46. The van der Waals surface area contributed by atoms with Crippen LogP contribution in [-0.4, -0.2) is 62.1 Å². The number of nitrogens with one attached hydrogen (secondary N) is 2. The third kappa shape index (κ3) is 3.67. The molecule has 0 bridgehead atoms. The Morgan fingerprint density at radius 2 is 1.96 bits per heavy atom. The fourth-order valence-corrected chi connectivity index (χ4v) is 4.60. The number of sulfonamides is 1. The van der Waals surface area contributed by atoms with Crippen LogP contribution in [0.15, 0.2) is 29.8 Å². The molecule has 2 fully saturated rings. The van der Waals surface area contributed by atoms with Gasteiger partial charge in [-0.25, -0.2) is 23.1 Å². The molecule has 2 aromatic rings. The fraction of sp³-hybridized carbons (Fsp3) is 0.467. The Hall–Kier alpha value is -1.59. The van der Waals surface area contributed by atoms with E-state index >= 15 is 0 Å². The van der Waals surface area contributed by atoms with E-state index in [0.717, 1.165) is 16.8 Å². The van der Waals surface area contributed by atoms with Crippen molar-refractivity contribution in [3.8, 4) is 10.6 Å². The van der Waals surface area contributed by atoms with Crippen LogP contribution in [-0.2, 0) is 19.5 Å². The number of aromatic nitrogens is 2. The molecule has 0 saturated carbocycles. The van der Waals surface area contributed by atoms with Gasteiger partial charge in [-0.3, -0.25) is 0 Å². The van der Waals surface area contributed by atoms with Gasteiger partial charge in [-0.1, -0.05) is 6.07 Å². The van der Waals surface area contributed by atoms with Crippen LogP contribution in [0.4, 0.5) is 5.95 Å². The molecular weight excluding hydrogens is 364 g/mol. The number of rotatable bonds is 5. The Morgan fingerprint density at radius 1 is 1.20 bits per heavy atom. The average Bonchev–Trinajstić information content (AvgIpc) is 3.27. The van der Waals surface area contributed by atoms with Crippen LogP contribution >= 0.6 is 11.3 Å². The summed E-state index contributed by atoms with van der Waals surface area (Å²) in [4.78, 5) is 9.87. The van der Waals surface area contributed by atoms with Crippen LogP contribution in [0.5, 0.6) is 0 Å². The van der Waals surface area contributed by atoms with Crippen molar-refractivity contribution in [2.45, 2.75) is 24.3 Å². The number of anilines is 1. The maximum atomic E-state index is 11.4. The first-order valence-corrected chi connectivity index (χ1v) is 10.6. The van der Waals surface area contributed by atoms with Crippen molar-refractivity contribution in [1.82, 2.24) is 14.7 Å². The third-order valence-electron chi connectivity index (χ3n) is 4.16. The second kappa shape index (κ2) is 6.61. The molecule has 4 heterocycles. The van der Waals surface area contributed by atoms with Gasteiger partial charge in [0.15, 0.2) is 0 Å². The highest BCUT2D eigenvalue weighted by Gasteiger charge is 2.48. The molecule has 2 aliphatic rings. The van der Waals surface area contributed by atoms with Crippen molar-refractivity contribution in [3.05, 3.63) is 29.8 Å². The Labute approximate surface area is 149 Å². The molecule has 8 nitrogen and oxygen atoms in total. The molecule has 0 aromatic carbocycles. The minimum atomic E-state index is -3.31. The minimum Gasteiger partial charge on any atom is -0.371 e.